The molecule has 0 saturated carbocycles. The van der Waals surface area contributed by atoms with E-state index in [-0.39, 0.29) is 0 Å². The van der Waals surface area contributed by atoms with Crippen LogP contribution in [0.25, 0.3) is 0 Å². The van der Waals surface area contributed by atoms with Crippen molar-refractivity contribution in [1.29, 1.82) is 0 Å². The Hall–Kier alpha value is -0.520. The molecule has 0 bridgehead atoms. The first kappa shape index (κ1) is 7.59. The minimum Gasteiger partial charge on any atom is -0.0998 e. The van der Waals surface area contributed by atoms with Crippen molar-refractivity contribution in [3.05, 3.63) is 24.3 Å². The fraction of sp³-hybridized carbons (Fsp3) is 0.600. The van der Waals surface area contributed by atoms with Crippen molar-refractivity contribution >= 4 is 0 Å². The van der Waals surface area contributed by atoms with Gasteiger partial charge in [-0.3, -0.25) is 0 Å². The average molecular weight is 136 g/mol. The first-order valence-electron chi connectivity index (χ1n) is 4.02. The second kappa shape index (κ2) is 3.05. The van der Waals surface area contributed by atoms with Gasteiger partial charge in [-0.25, -0.2) is 0 Å². The molecular formula is C10H16. The zero-order chi connectivity index (χ0) is 7.56. The molecule has 0 heterocycles. The second-order valence-corrected chi connectivity index (χ2v) is 3.37. The van der Waals surface area contributed by atoms with Crippen LogP contribution in [0.1, 0.15) is 26.7 Å². The topological polar surface area (TPSA) is 0 Å². The van der Waals surface area contributed by atoms with Gasteiger partial charge in [-0.1, -0.05) is 31.2 Å². The molecular weight excluding hydrogens is 120 g/mol. The van der Waals surface area contributed by atoms with E-state index in [1.807, 2.05) is 0 Å². The lowest BCUT2D eigenvalue weighted by atomic mass is 9.80. The molecule has 0 aromatic carbocycles. The number of allylic oxidation sites excluding steroid dienone is 3. The van der Waals surface area contributed by atoms with Gasteiger partial charge in [0.2, 0.25) is 0 Å². The molecule has 2 unspecified atom stereocenters. The maximum absolute atomic E-state index is 4.00. The van der Waals surface area contributed by atoms with Gasteiger partial charge in [-0.05, 0) is 31.6 Å². The van der Waals surface area contributed by atoms with Crippen molar-refractivity contribution in [2.24, 2.45) is 11.8 Å². The molecule has 0 fully saturated rings. The summed E-state index contributed by atoms with van der Waals surface area (Å²) in [6, 6.07) is 0. The Morgan fingerprint density at radius 1 is 1.40 bits per heavy atom. The van der Waals surface area contributed by atoms with Crippen molar-refractivity contribution in [3.63, 3.8) is 0 Å². The highest BCUT2D eigenvalue weighted by atomic mass is 14.2. The predicted octanol–water partition coefficient (Wildman–Crippen LogP) is 3.16. The van der Waals surface area contributed by atoms with E-state index in [0.29, 0.717) is 0 Å². The van der Waals surface area contributed by atoms with E-state index in [0.717, 1.165) is 11.8 Å². The fourth-order valence-electron chi connectivity index (χ4n) is 1.64. The molecule has 10 heavy (non-hydrogen) atoms. The number of hydrogen-bond acceptors (Lipinski definition) is 0. The minimum atomic E-state index is 0.741. The first-order chi connectivity index (χ1) is 4.72. The van der Waals surface area contributed by atoms with Crippen molar-refractivity contribution in [2.45, 2.75) is 26.7 Å². The number of hydrogen-bond donors (Lipinski definition) is 0. The molecule has 1 rings (SSSR count). The average Bonchev–Trinajstić information content (AvgIpc) is 1.88. The molecule has 0 amide bonds. The highest BCUT2D eigenvalue weighted by Crippen LogP contribution is 2.29. The van der Waals surface area contributed by atoms with Gasteiger partial charge in [-0.2, -0.15) is 0 Å². The van der Waals surface area contributed by atoms with Crippen molar-refractivity contribution in [3.8, 4) is 0 Å². The zero-order valence-corrected chi connectivity index (χ0v) is 6.93. The monoisotopic (exact) mass is 136 g/mol. The van der Waals surface area contributed by atoms with E-state index in [9.17, 15) is 0 Å². The zero-order valence-electron chi connectivity index (χ0n) is 6.93. The van der Waals surface area contributed by atoms with E-state index in [4.69, 9.17) is 0 Å². The van der Waals surface area contributed by atoms with E-state index in [1.54, 1.807) is 0 Å². The molecule has 0 aromatic heterocycles. The number of rotatable bonds is 1. The van der Waals surface area contributed by atoms with E-state index in [2.05, 4.69) is 32.6 Å². The predicted molar refractivity (Wildman–Crippen MR) is 45.8 cm³/mol. The van der Waals surface area contributed by atoms with Gasteiger partial charge in [0.1, 0.15) is 0 Å². The summed E-state index contributed by atoms with van der Waals surface area (Å²) in [7, 11) is 0. The van der Waals surface area contributed by atoms with Gasteiger partial charge >= 0.3 is 0 Å². The third kappa shape index (κ3) is 1.50. The van der Waals surface area contributed by atoms with E-state index in [1.165, 1.54) is 18.4 Å². The molecule has 1 aliphatic rings. The lowest BCUT2D eigenvalue weighted by molar-refractivity contribution is 0.401. The lowest BCUT2D eigenvalue weighted by Crippen LogP contribution is -2.13. The summed E-state index contributed by atoms with van der Waals surface area (Å²) in [6.07, 6.45) is 7.00. The molecule has 0 radical (unpaired) electrons. The quantitative estimate of drug-likeness (QED) is 0.486. The Morgan fingerprint density at radius 3 is 2.40 bits per heavy atom. The van der Waals surface area contributed by atoms with Crippen LogP contribution in [0.3, 0.4) is 0 Å². The van der Waals surface area contributed by atoms with Gasteiger partial charge in [0.15, 0.2) is 0 Å². The highest BCUT2D eigenvalue weighted by Gasteiger charge is 2.17. The molecule has 2 atom stereocenters. The summed E-state index contributed by atoms with van der Waals surface area (Å²) in [5.74, 6) is 1.55. The minimum absolute atomic E-state index is 0.741. The van der Waals surface area contributed by atoms with Crippen LogP contribution in [0.4, 0.5) is 0 Å². The standard InChI is InChI=1S/C10H16/c1-8(2)10-7-5-4-6-9(10)3/h4-5,9-10H,1,6-7H2,2-3H3. The first-order valence-corrected chi connectivity index (χ1v) is 4.02. The molecule has 0 saturated heterocycles. The normalized spacial score (nSPS) is 32.2. The largest absolute Gasteiger partial charge is 0.0998 e. The van der Waals surface area contributed by atoms with Crippen LogP contribution in [-0.2, 0) is 0 Å². The molecule has 0 nitrogen and oxygen atoms in total. The Labute approximate surface area is 63.6 Å². The Kier molecular flexibility index (Phi) is 2.31. The van der Waals surface area contributed by atoms with Crippen LogP contribution >= 0.6 is 0 Å². The van der Waals surface area contributed by atoms with Gasteiger partial charge in [-0.15, -0.1) is 0 Å². The van der Waals surface area contributed by atoms with Gasteiger partial charge in [0.25, 0.3) is 0 Å². The Bertz CT molecular complexity index is 153. The summed E-state index contributed by atoms with van der Waals surface area (Å²) in [6.45, 7) is 8.44. The fourth-order valence-corrected chi connectivity index (χ4v) is 1.64. The summed E-state index contributed by atoms with van der Waals surface area (Å²) in [5.41, 5.74) is 1.34. The Balaban J connectivity index is 2.59. The summed E-state index contributed by atoms with van der Waals surface area (Å²) >= 11 is 0. The maximum atomic E-state index is 4.00. The van der Waals surface area contributed by atoms with Crippen molar-refractivity contribution < 1.29 is 0 Å². The molecule has 0 aromatic rings. The smallest absolute Gasteiger partial charge is 0.0145 e. The van der Waals surface area contributed by atoms with E-state index >= 15 is 0 Å². The van der Waals surface area contributed by atoms with Crippen LogP contribution in [0, 0.1) is 11.8 Å². The summed E-state index contributed by atoms with van der Waals surface area (Å²) < 4.78 is 0. The van der Waals surface area contributed by atoms with Crippen LogP contribution in [0.5, 0.6) is 0 Å². The third-order valence-electron chi connectivity index (χ3n) is 2.38. The van der Waals surface area contributed by atoms with Crippen LogP contribution in [0.2, 0.25) is 0 Å². The van der Waals surface area contributed by atoms with Gasteiger partial charge in [0.05, 0.1) is 0 Å². The van der Waals surface area contributed by atoms with Crippen molar-refractivity contribution in [2.75, 3.05) is 0 Å². The molecule has 0 spiro atoms. The van der Waals surface area contributed by atoms with Crippen LogP contribution < -0.4 is 0 Å². The highest BCUT2D eigenvalue weighted by molar-refractivity contribution is 5.06. The van der Waals surface area contributed by atoms with Crippen LogP contribution in [0.15, 0.2) is 24.3 Å². The third-order valence-corrected chi connectivity index (χ3v) is 2.38. The van der Waals surface area contributed by atoms with Gasteiger partial charge in [0, 0.05) is 0 Å². The van der Waals surface area contributed by atoms with Gasteiger partial charge < -0.3 is 0 Å². The molecule has 56 valence electrons. The SMILES string of the molecule is C=C(C)C1CC=CCC1C. The molecule has 0 heteroatoms. The summed E-state index contributed by atoms with van der Waals surface area (Å²) in [5, 5.41) is 0. The van der Waals surface area contributed by atoms with Crippen molar-refractivity contribution in [1.82, 2.24) is 0 Å². The van der Waals surface area contributed by atoms with E-state index < -0.39 is 0 Å². The second-order valence-electron chi connectivity index (χ2n) is 3.37. The Morgan fingerprint density at radius 2 is 2.00 bits per heavy atom. The van der Waals surface area contributed by atoms with Crippen LogP contribution in [-0.4, -0.2) is 0 Å². The molecule has 0 aliphatic heterocycles. The lowest BCUT2D eigenvalue weighted by Gasteiger charge is -2.25. The molecule has 1 aliphatic carbocycles. The maximum Gasteiger partial charge on any atom is -0.0145 e. The summed E-state index contributed by atoms with van der Waals surface area (Å²) in [4.78, 5) is 0. The molecule has 0 N–H and O–H groups in total.